The van der Waals surface area contributed by atoms with E-state index >= 15 is 0 Å². The molecule has 0 aliphatic rings. The highest BCUT2D eigenvalue weighted by molar-refractivity contribution is 5.78. The van der Waals surface area contributed by atoms with Gasteiger partial charge < -0.3 is 14.8 Å². The molecule has 0 saturated carbocycles. The lowest BCUT2D eigenvalue weighted by atomic mass is 10.1. The van der Waals surface area contributed by atoms with Crippen LogP contribution in [0.2, 0.25) is 0 Å². The Balaban J connectivity index is 1.89. The summed E-state index contributed by atoms with van der Waals surface area (Å²) in [7, 11) is 1.41. The van der Waals surface area contributed by atoms with E-state index in [1.54, 1.807) is 25.1 Å². The van der Waals surface area contributed by atoms with Gasteiger partial charge in [0.1, 0.15) is 5.75 Å². The molecule has 1 atom stereocenters. The average molecular weight is 303 g/mol. The van der Waals surface area contributed by atoms with Crippen LogP contribution in [0.5, 0.6) is 11.5 Å². The lowest BCUT2D eigenvalue weighted by molar-refractivity contribution is -0.123. The summed E-state index contributed by atoms with van der Waals surface area (Å²) >= 11 is 0. The minimum absolute atomic E-state index is 0.0903. The van der Waals surface area contributed by atoms with Gasteiger partial charge in [0.2, 0.25) is 0 Å². The van der Waals surface area contributed by atoms with Crippen LogP contribution in [0.4, 0.5) is 4.39 Å². The van der Waals surface area contributed by atoms with E-state index in [1.807, 2.05) is 18.2 Å². The molecule has 0 fully saturated rings. The normalized spacial score (nSPS) is 11.6. The second-order valence-corrected chi connectivity index (χ2v) is 4.78. The van der Waals surface area contributed by atoms with E-state index in [1.165, 1.54) is 19.2 Å². The molecule has 2 aromatic carbocycles. The van der Waals surface area contributed by atoms with Gasteiger partial charge in [0.15, 0.2) is 18.2 Å². The molecule has 116 valence electrons. The van der Waals surface area contributed by atoms with Crippen LogP contribution >= 0.6 is 0 Å². The van der Waals surface area contributed by atoms with Crippen LogP contribution < -0.4 is 14.8 Å². The summed E-state index contributed by atoms with van der Waals surface area (Å²) < 4.78 is 23.9. The van der Waals surface area contributed by atoms with Crippen LogP contribution in [0.1, 0.15) is 18.5 Å². The Bertz CT molecular complexity index is 631. The van der Waals surface area contributed by atoms with Gasteiger partial charge in [-0.25, -0.2) is 4.39 Å². The van der Waals surface area contributed by atoms with Gasteiger partial charge >= 0.3 is 0 Å². The third-order valence-electron chi connectivity index (χ3n) is 3.17. The molecular formula is C17H18FNO3. The Labute approximate surface area is 128 Å². The molecule has 5 heteroatoms. The number of benzene rings is 2. The number of nitrogens with one attached hydrogen (secondary N) is 1. The van der Waals surface area contributed by atoms with E-state index in [0.29, 0.717) is 11.3 Å². The van der Waals surface area contributed by atoms with Gasteiger partial charge in [-0.05, 0) is 36.8 Å². The molecule has 4 nitrogen and oxygen atoms in total. The van der Waals surface area contributed by atoms with Gasteiger partial charge in [-0.3, -0.25) is 4.79 Å². The Morgan fingerprint density at radius 2 is 1.95 bits per heavy atom. The number of rotatable bonds is 6. The zero-order valence-electron chi connectivity index (χ0n) is 12.5. The molecule has 2 rings (SSSR count). The number of halogens is 1. The molecule has 0 radical (unpaired) electrons. The quantitative estimate of drug-likeness (QED) is 0.892. The third kappa shape index (κ3) is 4.22. The first-order valence-electron chi connectivity index (χ1n) is 6.91. The minimum Gasteiger partial charge on any atom is -0.494 e. The van der Waals surface area contributed by atoms with Crippen molar-refractivity contribution in [2.24, 2.45) is 0 Å². The summed E-state index contributed by atoms with van der Waals surface area (Å²) in [6, 6.07) is 13.3. The monoisotopic (exact) mass is 303 g/mol. The molecular weight excluding hydrogens is 285 g/mol. The average Bonchev–Trinajstić information content (AvgIpc) is 2.53. The van der Waals surface area contributed by atoms with E-state index < -0.39 is 5.82 Å². The Morgan fingerprint density at radius 3 is 2.59 bits per heavy atom. The van der Waals surface area contributed by atoms with Gasteiger partial charge in [-0.2, -0.15) is 0 Å². The van der Waals surface area contributed by atoms with Gasteiger partial charge in [0, 0.05) is 0 Å². The lowest BCUT2D eigenvalue weighted by Crippen LogP contribution is -2.31. The summed E-state index contributed by atoms with van der Waals surface area (Å²) in [6.45, 7) is 1.69. The maximum Gasteiger partial charge on any atom is 0.258 e. The first-order valence-corrected chi connectivity index (χ1v) is 6.91. The summed E-state index contributed by atoms with van der Waals surface area (Å²) in [6.07, 6.45) is 0. The summed E-state index contributed by atoms with van der Waals surface area (Å²) in [4.78, 5) is 11.9. The van der Waals surface area contributed by atoms with Crippen LogP contribution in [-0.4, -0.2) is 19.6 Å². The van der Waals surface area contributed by atoms with Crippen molar-refractivity contribution in [3.8, 4) is 11.5 Å². The number of carbonyl (C=O) groups excluding carboxylic acids is 1. The van der Waals surface area contributed by atoms with Crippen molar-refractivity contribution in [1.29, 1.82) is 0 Å². The molecule has 0 heterocycles. The van der Waals surface area contributed by atoms with Gasteiger partial charge in [-0.15, -0.1) is 0 Å². The molecule has 1 unspecified atom stereocenters. The predicted molar refractivity (Wildman–Crippen MR) is 81.4 cm³/mol. The number of amides is 1. The SMILES string of the molecule is COc1ccc(C(C)NC(=O)COc2ccccc2)cc1F. The van der Waals surface area contributed by atoms with Crippen LogP contribution in [0, 0.1) is 5.82 Å². The Hall–Kier alpha value is -2.56. The van der Waals surface area contributed by atoms with Crippen molar-refractivity contribution >= 4 is 5.91 Å². The fraction of sp³-hybridized carbons (Fsp3) is 0.235. The maximum atomic E-state index is 13.7. The number of methoxy groups -OCH3 is 1. The molecule has 0 aliphatic carbocycles. The number of hydrogen-bond acceptors (Lipinski definition) is 3. The van der Waals surface area contributed by atoms with E-state index in [0.717, 1.165) is 0 Å². The molecule has 0 aliphatic heterocycles. The standard InChI is InChI=1S/C17H18FNO3/c1-12(13-8-9-16(21-2)15(18)10-13)19-17(20)11-22-14-6-4-3-5-7-14/h3-10,12H,11H2,1-2H3,(H,19,20). The first kappa shape index (κ1) is 15.8. The summed E-state index contributed by atoms with van der Waals surface area (Å²) in [5.74, 6) is 0.0738. The number of carbonyl (C=O) groups is 1. The highest BCUT2D eigenvalue weighted by Crippen LogP contribution is 2.21. The van der Waals surface area contributed by atoms with E-state index in [2.05, 4.69) is 5.32 Å². The molecule has 22 heavy (non-hydrogen) atoms. The topological polar surface area (TPSA) is 47.6 Å². The zero-order valence-corrected chi connectivity index (χ0v) is 12.5. The fourth-order valence-corrected chi connectivity index (χ4v) is 1.98. The molecule has 0 aromatic heterocycles. The third-order valence-corrected chi connectivity index (χ3v) is 3.17. The van der Waals surface area contributed by atoms with E-state index in [4.69, 9.17) is 9.47 Å². The summed E-state index contributed by atoms with van der Waals surface area (Å²) in [5, 5.41) is 2.76. The van der Waals surface area contributed by atoms with Crippen molar-refractivity contribution in [2.75, 3.05) is 13.7 Å². The van der Waals surface area contributed by atoms with Crippen LogP contribution in [0.15, 0.2) is 48.5 Å². The zero-order chi connectivity index (χ0) is 15.9. The maximum absolute atomic E-state index is 13.7. The number of para-hydroxylation sites is 1. The molecule has 0 saturated heterocycles. The molecule has 1 amide bonds. The molecule has 0 bridgehead atoms. The number of ether oxygens (including phenoxy) is 2. The highest BCUT2D eigenvalue weighted by atomic mass is 19.1. The molecule has 2 aromatic rings. The second kappa shape index (κ2) is 7.45. The minimum atomic E-state index is -0.457. The highest BCUT2D eigenvalue weighted by Gasteiger charge is 2.12. The van der Waals surface area contributed by atoms with Crippen molar-refractivity contribution in [3.63, 3.8) is 0 Å². The van der Waals surface area contributed by atoms with Crippen LogP contribution in [0.3, 0.4) is 0 Å². The fourth-order valence-electron chi connectivity index (χ4n) is 1.98. The largest absolute Gasteiger partial charge is 0.494 e. The van der Waals surface area contributed by atoms with Crippen LogP contribution in [-0.2, 0) is 4.79 Å². The van der Waals surface area contributed by atoms with Crippen molar-refractivity contribution in [2.45, 2.75) is 13.0 Å². The predicted octanol–water partition coefficient (Wildman–Crippen LogP) is 3.09. The van der Waals surface area contributed by atoms with Gasteiger partial charge in [-0.1, -0.05) is 24.3 Å². The van der Waals surface area contributed by atoms with Crippen LogP contribution in [0.25, 0.3) is 0 Å². The van der Waals surface area contributed by atoms with Gasteiger partial charge in [0.25, 0.3) is 5.91 Å². The smallest absolute Gasteiger partial charge is 0.258 e. The molecule has 1 N–H and O–H groups in total. The summed E-state index contributed by atoms with van der Waals surface area (Å²) in [5.41, 5.74) is 0.659. The molecule has 0 spiro atoms. The second-order valence-electron chi connectivity index (χ2n) is 4.78. The van der Waals surface area contributed by atoms with E-state index in [-0.39, 0.29) is 24.3 Å². The Kier molecular flexibility index (Phi) is 5.36. The first-order chi connectivity index (χ1) is 10.6. The Morgan fingerprint density at radius 1 is 1.23 bits per heavy atom. The van der Waals surface area contributed by atoms with E-state index in [9.17, 15) is 9.18 Å². The lowest BCUT2D eigenvalue weighted by Gasteiger charge is -2.15. The van der Waals surface area contributed by atoms with Crippen molar-refractivity contribution < 1.29 is 18.7 Å². The van der Waals surface area contributed by atoms with Crippen molar-refractivity contribution in [3.05, 3.63) is 59.9 Å². The van der Waals surface area contributed by atoms with Crippen molar-refractivity contribution in [1.82, 2.24) is 5.32 Å². The number of hydrogen-bond donors (Lipinski definition) is 1. The van der Waals surface area contributed by atoms with Gasteiger partial charge in [0.05, 0.1) is 13.2 Å².